The lowest BCUT2D eigenvalue weighted by atomic mass is 10.2. The third-order valence-corrected chi connectivity index (χ3v) is 6.88. The summed E-state index contributed by atoms with van der Waals surface area (Å²) in [5.74, 6) is -0.532. The van der Waals surface area contributed by atoms with E-state index >= 15 is 0 Å². The van der Waals surface area contributed by atoms with Gasteiger partial charge >= 0.3 is 15.6 Å². The fourth-order valence-electron chi connectivity index (χ4n) is 3.14. The van der Waals surface area contributed by atoms with E-state index in [1.165, 1.54) is 34.4 Å². The number of hydrogen-bond donors (Lipinski definition) is 1. The van der Waals surface area contributed by atoms with Crippen LogP contribution < -0.4 is 15.1 Å². The first kappa shape index (κ1) is 20.7. The molecule has 0 amide bonds. The number of hydrogen-bond acceptors (Lipinski definition) is 8. The Morgan fingerprint density at radius 2 is 1.84 bits per heavy atom. The molecular formula is C19H13F3N4O4S2. The maximum absolute atomic E-state index is 13.1. The van der Waals surface area contributed by atoms with Crippen molar-refractivity contribution >= 4 is 47.6 Å². The zero-order valence-corrected chi connectivity index (χ0v) is 17.6. The molecule has 1 aliphatic rings. The minimum Gasteiger partial charge on any atom is -0.382 e. The molecule has 0 radical (unpaired) electrons. The average molecular weight is 482 g/mol. The smallest absolute Gasteiger partial charge is 0.382 e. The summed E-state index contributed by atoms with van der Waals surface area (Å²) in [5.41, 5.74) is -4.27. The fraction of sp³-hybridized carbons (Fsp3) is 0.211. The van der Waals surface area contributed by atoms with E-state index in [0.717, 1.165) is 36.0 Å². The molecule has 8 nitrogen and oxygen atoms in total. The molecule has 1 fully saturated rings. The minimum atomic E-state index is -5.78. The van der Waals surface area contributed by atoms with E-state index in [1.54, 1.807) is 6.20 Å². The number of alkyl halides is 3. The summed E-state index contributed by atoms with van der Waals surface area (Å²) in [6.07, 6.45) is 5.13. The lowest BCUT2D eigenvalue weighted by Gasteiger charge is -2.10. The minimum absolute atomic E-state index is 0.280. The van der Waals surface area contributed by atoms with E-state index in [4.69, 9.17) is 0 Å². The van der Waals surface area contributed by atoms with E-state index in [9.17, 15) is 26.4 Å². The molecule has 0 bridgehead atoms. The molecular weight excluding hydrogens is 469 g/mol. The van der Waals surface area contributed by atoms with Gasteiger partial charge in [0.15, 0.2) is 0 Å². The van der Waals surface area contributed by atoms with Crippen molar-refractivity contribution < 1.29 is 25.8 Å². The number of pyridine rings is 1. The Hall–Kier alpha value is -3.19. The number of anilines is 1. The van der Waals surface area contributed by atoms with Gasteiger partial charge in [-0.3, -0.25) is 9.36 Å². The Kier molecular flexibility index (Phi) is 4.64. The molecule has 32 heavy (non-hydrogen) atoms. The van der Waals surface area contributed by atoms with Gasteiger partial charge in [-0.15, -0.1) is 11.3 Å². The summed E-state index contributed by atoms with van der Waals surface area (Å²) < 4.78 is 65.4. The SMILES string of the molecule is O=c1c2sc3nccc(NC4CC4)c3c2ncn1-c1ccc(OS(=O)(=O)C(F)(F)F)cc1. The Labute approximate surface area is 182 Å². The highest BCUT2D eigenvalue weighted by Crippen LogP contribution is 2.36. The van der Waals surface area contributed by atoms with Crippen molar-refractivity contribution in [2.75, 3.05) is 5.32 Å². The van der Waals surface area contributed by atoms with Crippen LogP contribution in [0.4, 0.5) is 18.9 Å². The van der Waals surface area contributed by atoms with Crippen LogP contribution in [-0.4, -0.2) is 34.5 Å². The van der Waals surface area contributed by atoms with Gasteiger partial charge in [0, 0.05) is 17.9 Å². The van der Waals surface area contributed by atoms with Crippen LogP contribution in [0.3, 0.4) is 0 Å². The zero-order chi connectivity index (χ0) is 22.7. The summed E-state index contributed by atoms with van der Waals surface area (Å²) in [6, 6.07) is 6.83. The molecule has 0 unspecified atom stereocenters. The summed E-state index contributed by atoms with van der Waals surface area (Å²) in [7, 11) is -5.78. The second-order valence-corrected chi connectivity index (χ2v) is 9.67. The molecule has 0 aliphatic heterocycles. The summed E-state index contributed by atoms with van der Waals surface area (Å²) in [6.45, 7) is 0. The lowest BCUT2D eigenvalue weighted by molar-refractivity contribution is -0.0500. The van der Waals surface area contributed by atoms with Crippen LogP contribution in [0.5, 0.6) is 5.75 Å². The van der Waals surface area contributed by atoms with E-state index in [1.807, 2.05) is 6.07 Å². The van der Waals surface area contributed by atoms with Gasteiger partial charge in [-0.05, 0) is 43.2 Å². The van der Waals surface area contributed by atoms with Gasteiger partial charge < -0.3 is 9.50 Å². The van der Waals surface area contributed by atoms with Crippen LogP contribution in [0.25, 0.3) is 26.1 Å². The van der Waals surface area contributed by atoms with Crippen LogP contribution in [0.1, 0.15) is 12.8 Å². The number of nitrogens with one attached hydrogen (secondary N) is 1. The van der Waals surface area contributed by atoms with Crippen molar-refractivity contribution in [2.45, 2.75) is 24.4 Å². The maximum Gasteiger partial charge on any atom is 0.534 e. The molecule has 13 heteroatoms. The first-order valence-electron chi connectivity index (χ1n) is 9.31. The Balaban J connectivity index is 1.53. The largest absolute Gasteiger partial charge is 0.534 e. The first-order valence-corrected chi connectivity index (χ1v) is 11.5. The van der Waals surface area contributed by atoms with Gasteiger partial charge in [0.2, 0.25) is 0 Å². The van der Waals surface area contributed by atoms with Crippen LogP contribution in [0, 0.1) is 0 Å². The topological polar surface area (TPSA) is 103 Å². The number of fused-ring (bicyclic) bond motifs is 3. The molecule has 0 atom stereocenters. The van der Waals surface area contributed by atoms with Gasteiger partial charge in [0.1, 0.15) is 21.6 Å². The highest BCUT2D eigenvalue weighted by molar-refractivity contribution is 7.88. The lowest BCUT2D eigenvalue weighted by Crippen LogP contribution is -2.28. The predicted octanol–water partition coefficient (Wildman–Crippen LogP) is 3.80. The highest BCUT2D eigenvalue weighted by atomic mass is 32.2. The Morgan fingerprint density at radius 3 is 2.50 bits per heavy atom. The van der Waals surface area contributed by atoms with Crippen molar-refractivity contribution in [3.05, 3.63) is 53.2 Å². The van der Waals surface area contributed by atoms with Gasteiger partial charge in [-0.1, -0.05) is 0 Å². The van der Waals surface area contributed by atoms with E-state index in [2.05, 4.69) is 19.5 Å². The van der Waals surface area contributed by atoms with E-state index in [-0.39, 0.29) is 11.2 Å². The van der Waals surface area contributed by atoms with Crippen molar-refractivity contribution in [1.82, 2.24) is 14.5 Å². The second kappa shape index (κ2) is 7.17. The van der Waals surface area contributed by atoms with Crippen LogP contribution in [0.15, 0.2) is 47.7 Å². The first-order chi connectivity index (χ1) is 15.1. The van der Waals surface area contributed by atoms with Gasteiger partial charge in [-0.25, -0.2) is 9.97 Å². The number of nitrogens with zero attached hydrogens (tertiary/aromatic N) is 3. The van der Waals surface area contributed by atoms with Gasteiger partial charge in [0.25, 0.3) is 5.56 Å². The van der Waals surface area contributed by atoms with Crippen molar-refractivity contribution in [2.24, 2.45) is 0 Å². The third-order valence-electron chi connectivity index (χ3n) is 4.82. The molecule has 4 aromatic rings. The van der Waals surface area contributed by atoms with Crippen LogP contribution in [-0.2, 0) is 10.1 Å². The van der Waals surface area contributed by atoms with Crippen LogP contribution >= 0.6 is 11.3 Å². The molecule has 3 heterocycles. The van der Waals surface area contributed by atoms with Crippen molar-refractivity contribution in [3.8, 4) is 11.4 Å². The molecule has 3 aromatic heterocycles. The quantitative estimate of drug-likeness (QED) is 0.341. The molecule has 0 saturated heterocycles. The van der Waals surface area contributed by atoms with Gasteiger partial charge in [0.05, 0.1) is 16.6 Å². The summed E-state index contributed by atoms with van der Waals surface area (Å²) >= 11 is 1.20. The molecule has 1 aromatic carbocycles. The van der Waals surface area contributed by atoms with Crippen molar-refractivity contribution in [1.29, 1.82) is 0 Å². The highest BCUT2D eigenvalue weighted by Gasteiger charge is 2.48. The Bertz CT molecular complexity index is 1510. The molecule has 1 saturated carbocycles. The van der Waals surface area contributed by atoms with Crippen molar-refractivity contribution in [3.63, 3.8) is 0 Å². The Morgan fingerprint density at radius 1 is 1.12 bits per heavy atom. The molecule has 166 valence electrons. The zero-order valence-electron chi connectivity index (χ0n) is 16.0. The second-order valence-electron chi connectivity index (χ2n) is 7.13. The summed E-state index contributed by atoms with van der Waals surface area (Å²) in [5, 5.41) is 4.18. The number of halogens is 3. The normalized spacial score (nSPS) is 14.7. The molecule has 1 aliphatic carbocycles. The number of aromatic nitrogens is 3. The monoisotopic (exact) mass is 482 g/mol. The third kappa shape index (κ3) is 3.56. The van der Waals surface area contributed by atoms with E-state index in [0.29, 0.717) is 21.1 Å². The fourth-order valence-corrected chi connectivity index (χ4v) is 4.65. The molecule has 5 rings (SSSR count). The maximum atomic E-state index is 13.1. The van der Waals surface area contributed by atoms with Gasteiger partial charge in [-0.2, -0.15) is 21.6 Å². The average Bonchev–Trinajstić information content (AvgIpc) is 3.45. The number of thiophene rings is 1. The van der Waals surface area contributed by atoms with E-state index < -0.39 is 21.4 Å². The summed E-state index contributed by atoms with van der Waals surface area (Å²) in [4.78, 5) is 22.5. The predicted molar refractivity (Wildman–Crippen MR) is 113 cm³/mol. The number of benzene rings is 1. The standard InChI is InChI=1S/C19H13F3N4O4S2/c20-19(21,22)32(28,29)30-12-5-3-11(4-6-12)26-9-24-15-14-13(25-10-1-2-10)7-8-23-17(14)31-16(15)18(26)27/h3-10H,1-2H2,(H,23,25). The molecule has 1 N–H and O–H groups in total. The van der Waals surface area contributed by atoms with Crippen LogP contribution in [0.2, 0.25) is 0 Å². The molecule has 0 spiro atoms. The number of rotatable bonds is 5.